The lowest BCUT2D eigenvalue weighted by Crippen LogP contribution is -2.19. The molecule has 106 valence electrons. The Morgan fingerprint density at radius 1 is 1.15 bits per heavy atom. The minimum atomic E-state index is -0.282. The van der Waals surface area contributed by atoms with Gasteiger partial charge in [-0.15, -0.1) is 0 Å². The molecule has 3 rings (SSSR count). The summed E-state index contributed by atoms with van der Waals surface area (Å²) in [5.41, 5.74) is 0.717. The van der Waals surface area contributed by atoms with Crippen LogP contribution in [0.25, 0.3) is 5.69 Å². The highest BCUT2D eigenvalue weighted by Crippen LogP contribution is 2.30. The molecule has 5 heteroatoms. The van der Waals surface area contributed by atoms with Crippen molar-refractivity contribution in [1.29, 1.82) is 0 Å². The van der Waals surface area contributed by atoms with E-state index in [0.717, 1.165) is 18.5 Å². The summed E-state index contributed by atoms with van der Waals surface area (Å²) in [6.07, 6.45) is 7.67. The van der Waals surface area contributed by atoms with Crippen molar-refractivity contribution >= 4 is 11.6 Å². The molecule has 1 aliphatic carbocycles. The molecular weight excluding hydrogens is 279 g/mol. The summed E-state index contributed by atoms with van der Waals surface area (Å²) in [5, 5.41) is 4.65. The molecule has 1 fully saturated rings. The van der Waals surface area contributed by atoms with Crippen molar-refractivity contribution in [3.63, 3.8) is 0 Å². The van der Waals surface area contributed by atoms with Gasteiger partial charge in [0, 0.05) is 0 Å². The number of benzene rings is 1. The largest absolute Gasteiger partial charge is 0.485 e. The lowest BCUT2D eigenvalue weighted by molar-refractivity contribution is 0.155. The molecule has 0 unspecified atom stereocenters. The minimum Gasteiger partial charge on any atom is -0.485 e. The van der Waals surface area contributed by atoms with Crippen LogP contribution < -0.4 is 4.74 Å². The van der Waals surface area contributed by atoms with Gasteiger partial charge in [0.2, 0.25) is 0 Å². The zero-order chi connectivity index (χ0) is 13.9. The van der Waals surface area contributed by atoms with E-state index >= 15 is 0 Å². The van der Waals surface area contributed by atoms with Crippen LogP contribution in [-0.2, 0) is 0 Å². The van der Waals surface area contributed by atoms with Crippen LogP contribution in [0.5, 0.6) is 5.75 Å². The summed E-state index contributed by atoms with van der Waals surface area (Å²) >= 11 is 6.30. The molecule has 1 aliphatic rings. The van der Waals surface area contributed by atoms with E-state index in [1.807, 2.05) is 0 Å². The second kappa shape index (κ2) is 5.83. The molecule has 0 atom stereocenters. The summed E-state index contributed by atoms with van der Waals surface area (Å²) in [6.45, 7) is 0. The Morgan fingerprint density at radius 2 is 1.85 bits per heavy atom. The summed E-state index contributed by atoms with van der Waals surface area (Å²) < 4.78 is 20.4. The maximum atomic E-state index is 12.9. The maximum absolute atomic E-state index is 12.9. The summed E-state index contributed by atoms with van der Waals surface area (Å²) in [6, 6.07) is 6.04. The average molecular weight is 295 g/mol. The first-order valence-corrected chi connectivity index (χ1v) is 7.28. The second-order valence-electron chi connectivity index (χ2n) is 5.07. The van der Waals surface area contributed by atoms with Crippen molar-refractivity contribution in [2.24, 2.45) is 0 Å². The number of nitrogens with zero attached hydrogens (tertiary/aromatic N) is 2. The number of halogens is 2. The van der Waals surface area contributed by atoms with Crippen molar-refractivity contribution in [3.8, 4) is 11.4 Å². The Hall–Kier alpha value is -1.55. The third-order valence-electron chi connectivity index (χ3n) is 3.60. The summed E-state index contributed by atoms with van der Waals surface area (Å²) in [4.78, 5) is 0. The van der Waals surface area contributed by atoms with Crippen LogP contribution in [0, 0.1) is 5.82 Å². The fraction of sp³-hybridized carbons (Fsp3) is 0.400. The van der Waals surface area contributed by atoms with Crippen LogP contribution in [0.3, 0.4) is 0 Å². The SMILES string of the molecule is Fc1ccc(-n2ncc(OC3CCCCC3)c2Cl)cc1. The quantitative estimate of drug-likeness (QED) is 0.840. The molecule has 3 nitrogen and oxygen atoms in total. The van der Waals surface area contributed by atoms with Crippen LogP contribution in [0.4, 0.5) is 4.39 Å². The molecule has 2 aromatic rings. The monoisotopic (exact) mass is 294 g/mol. The predicted octanol–water partition coefficient (Wildman–Crippen LogP) is 4.38. The van der Waals surface area contributed by atoms with Gasteiger partial charge in [-0.05, 0) is 49.9 Å². The molecule has 0 aliphatic heterocycles. The van der Waals surface area contributed by atoms with Gasteiger partial charge in [-0.2, -0.15) is 5.10 Å². The highest BCUT2D eigenvalue weighted by molar-refractivity contribution is 6.31. The van der Waals surface area contributed by atoms with E-state index < -0.39 is 0 Å². The van der Waals surface area contributed by atoms with Gasteiger partial charge in [-0.25, -0.2) is 9.07 Å². The number of hydrogen-bond acceptors (Lipinski definition) is 2. The van der Waals surface area contributed by atoms with Crippen molar-refractivity contribution < 1.29 is 9.13 Å². The zero-order valence-corrected chi connectivity index (χ0v) is 11.8. The number of rotatable bonds is 3. The second-order valence-corrected chi connectivity index (χ2v) is 5.42. The third kappa shape index (κ3) is 2.80. The Balaban J connectivity index is 1.79. The zero-order valence-electron chi connectivity index (χ0n) is 11.1. The van der Waals surface area contributed by atoms with Crippen molar-refractivity contribution in [2.75, 3.05) is 0 Å². The molecule has 1 aromatic heterocycles. The minimum absolute atomic E-state index is 0.229. The number of hydrogen-bond donors (Lipinski definition) is 0. The van der Waals surface area contributed by atoms with Gasteiger partial charge in [0.05, 0.1) is 18.0 Å². The molecule has 0 amide bonds. The van der Waals surface area contributed by atoms with Gasteiger partial charge >= 0.3 is 0 Å². The van der Waals surface area contributed by atoms with Gasteiger partial charge in [-0.1, -0.05) is 18.0 Å². The highest BCUT2D eigenvalue weighted by Gasteiger charge is 2.19. The van der Waals surface area contributed by atoms with E-state index in [2.05, 4.69) is 5.10 Å². The maximum Gasteiger partial charge on any atom is 0.177 e. The lowest BCUT2D eigenvalue weighted by Gasteiger charge is -2.22. The van der Waals surface area contributed by atoms with Gasteiger partial charge in [-0.3, -0.25) is 0 Å². The number of ether oxygens (including phenoxy) is 1. The van der Waals surface area contributed by atoms with Gasteiger partial charge in [0.25, 0.3) is 0 Å². The first kappa shape index (κ1) is 13.4. The highest BCUT2D eigenvalue weighted by atomic mass is 35.5. The van der Waals surface area contributed by atoms with Crippen molar-refractivity contribution in [3.05, 3.63) is 41.4 Å². The van der Waals surface area contributed by atoms with Crippen LogP contribution in [0.15, 0.2) is 30.5 Å². The van der Waals surface area contributed by atoms with Crippen LogP contribution >= 0.6 is 11.6 Å². The smallest absolute Gasteiger partial charge is 0.177 e. The van der Waals surface area contributed by atoms with Gasteiger partial charge in [0.15, 0.2) is 10.9 Å². The molecule has 0 saturated heterocycles. The van der Waals surface area contributed by atoms with E-state index in [-0.39, 0.29) is 11.9 Å². The van der Waals surface area contributed by atoms with Crippen molar-refractivity contribution in [1.82, 2.24) is 9.78 Å². The van der Waals surface area contributed by atoms with Crippen LogP contribution in [0.2, 0.25) is 5.15 Å². The molecule has 0 N–H and O–H groups in total. The van der Waals surface area contributed by atoms with E-state index in [4.69, 9.17) is 16.3 Å². The van der Waals surface area contributed by atoms with Gasteiger partial charge in [0.1, 0.15) is 5.82 Å². The van der Waals surface area contributed by atoms with E-state index in [1.165, 1.54) is 31.4 Å². The third-order valence-corrected chi connectivity index (χ3v) is 3.94. The van der Waals surface area contributed by atoms with E-state index in [1.54, 1.807) is 23.0 Å². The molecule has 20 heavy (non-hydrogen) atoms. The predicted molar refractivity (Wildman–Crippen MR) is 76.0 cm³/mol. The first-order chi connectivity index (χ1) is 9.74. The topological polar surface area (TPSA) is 27.1 Å². The first-order valence-electron chi connectivity index (χ1n) is 6.90. The Bertz CT molecular complexity index is 576. The lowest BCUT2D eigenvalue weighted by atomic mass is 9.98. The van der Waals surface area contributed by atoms with Crippen LogP contribution in [-0.4, -0.2) is 15.9 Å². The molecule has 1 aromatic carbocycles. The normalized spacial score (nSPS) is 16.3. The van der Waals surface area contributed by atoms with E-state index in [0.29, 0.717) is 10.9 Å². The average Bonchev–Trinajstić information content (AvgIpc) is 2.83. The van der Waals surface area contributed by atoms with Gasteiger partial charge < -0.3 is 4.74 Å². The molecule has 1 heterocycles. The fourth-order valence-electron chi connectivity index (χ4n) is 2.52. The molecule has 0 spiro atoms. The Labute approximate surface area is 122 Å². The molecule has 0 bridgehead atoms. The van der Waals surface area contributed by atoms with Crippen molar-refractivity contribution in [2.45, 2.75) is 38.2 Å². The van der Waals surface area contributed by atoms with E-state index in [9.17, 15) is 4.39 Å². The summed E-state index contributed by atoms with van der Waals surface area (Å²) in [7, 11) is 0. The fourth-order valence-corrected chi connectivity index (χ4v) is 2.76. The molecular formula is C15H16ClFN2O. The number of aromatic nitrogens is 2. The Kier molecular flexibility index (Phi) is 3.92. The standard InChI is InChI=1S/C15H16ClFN2O/c16-15-14(20-13-4-2-1-3-5-13)10-18-19(15)12-8-6-11(17)7-9-12/h6-10,13H,1-5H2. The Morgan fingerprint density at radius 3 is 2.55 bits per heavy atom. The molecule has 0 radical (unpaired) electrons. The van der Waals surface area contributed by atoms with Crippen LogP contribution in [0.1, 0.15) is 32.1 Å². The molecule has 1 saturated carbocycles. The summed E-state index contributed by atoms with van der Waals surface area (Å²) in [5.74, 6) is 0.318.